The minimum atomic E-state index is -0.174. The van der Waals surface area contributed by atoms with E-state index in [9.17, 15) is 5.11 Å². The summed E-state index contributed by atoms with van der Waals surface area (Å²) in [6.45, 7) is 7.87. The van der Waals surface area contributed by atoms with Crippen LogP contribution in [-0.4, -0.2) is 24.4 Å². The van der Waals surface area contributed by atoms with Gasteiger partial charge in [0.2, 0.25) is 0 Å². The Balaban J connectivity index is 3.42. The average Bonchev–Trinajstić information content (AvgIpc) is 2.14. The lowest BCUT2D eigenvalue weighted by Gasteiger charge is -2.19. The van der Waals surface area contributed by atoms with Crippen LogP contribution in [0.3, 0.4) is 0 Å². The van der Waals surface area contributed by atoms with E-state index in [1.54, 1.807) is 0 Å². The normalized spacial score (nSPS) is 13.6. The molecule has 0 aromatic carbocycles. The van der Waals surface area contributed by atoms with Crippen LogP contribution in [0.4, 0.5) is 0 Å². The topological polar surface area (TPSA) is 29.5 Å². The second-order valence-corrected chi connectivity index (χ2v) is 3.54. The summed E-state index contributed by atoms with van der Waals surface area (Å²) in [4.78, 5) is 0. The average molecular weight is 188 g/mol. The number of aliphatic hydroxyl groups is 1. The predicted octanol–water partition coefficient (Wildman–Crippen LogP) is 2.60. The van der Waals surface area contributed by atoms with Crippen LogP contribution in [-0.2, 0) is 4.74 Å². The second-order valence-electron chi connectivity index (χ2n) is 3.54. The van der Waals surface area contributed by atoms with Gasteiger partial charge in [-0.3, -0.25) is 0 Å². The van der Waals surface area contributed by atoms with E-state index in [0.717, 1.165) is 32.3 Å². The van der Waals surface area contributed by atoms with Gasteiger partial charge in [-0.2, -0.15) is 0 Å². The van der Waals surface area contributed by atoms with Gasteiger partial charge >= 0.3 is 0 Å². The van der Waals surface area contributed by atoms with Crippen molar-refractivity contribution in [1.82, 2.24) is 0 Å². The lowest BCUT2D eigenvalue weighted by molar-refractivity contribution is 0.0484. The third-order valence-electron chi connectivity index (χ3n) is 2.50. The molecule has 0 bridgehead atoms. The van der Waals surface area contributed by atoms with Gasteiger partial charge in [0, 0.05) is 13.2 Å². The van der Waals surface area contributed by atoms with Crippen molar-refractivity contribution < 1.29 is 9.84 Å². The van der Waals surface area contributed by atoms with Crippen molar-refractivity contribution in [3.63, 3.8) is 0 Å². The molecule has 1 N–H and O–H groups in total. The van der Waals surface area contributed by atoms with Crippen LogP contribution >= 0.6 is 0 Å². The van der Waals surface area contributed by atoms with Crippen molar-refractivity contribution in [3.05, 3.63) is 0 Å². The molecule has 0 spiro atoms. The van der Waals surface area contributed by atoms with Gasteiger partial charge in [-0.1, -0.05) is 33.6 Å². The Kier molecular flexibility index (Phi) is 8.46. The highest BCUT2D eigenvalue weighted by Gasteiger charge is 2.14. The number of hydrogen-bond acceptors (Lipinski definition) is 2. The monoisotopic (exact) mass is 188 g/mol. The van der Waals surface area contributed by atoms with Crippen molar-refractivity contribution in [1.29, 1.82) is 0 Å². The van der Waals surface area contributed by atoms with Crippen LogP contribution in [0.15, 0.2) is 0 Å². The molecule has 0 heterocycles. The Morgan fingerprint density at radius 1 is 1.08 bits per heavy atom. The van der Waals surface area contributed by atoms with Gasteiger partial charge in [0.15, 0.2) is 0 Å². The van der Waals surface area contributed by atoms with E-state index in [-0.39, 0.29) is 6.10 Å². The SMILES string of the molecule is CCCOCCC(O)C(CC)CC. The van der Waals surface area contributed by atoms with E-state index in [4.69, 9.17) is 4.74 Å². The smallest absolute Gasteiger partial charge is 0.0590 e. The molecule has 0 radical (unpaired) electrons. The van der Waals surface area contributed by atoms with Crippen molar-refractivity contribution in [2.45, 2.75) is 52.6 Å². The van der Waals surface area contributed by atoms with Crippen LogP contribution in [0, 0.1) is 5.92 Å². The summed E-state index contributed by atoms with van der Waals surface area (Å²) in [7, 11) is 0. The molecular formula is C11H24O2. The van der Waals surface area contributed by atoms with Gasteiger partial charge in [-0.05, 0) is 18.8 Å². The summed E-state index contributed by atoms with van der Waals surface area (Å²) < 4.78 is 5.33. The largest absolute Gasteiger partial charge is 0.393 e. The molecule has 0 saturated carbocycles. The third kappa shape index (κ3) is 6.05. The fourth-order valence-electron chi connectivity index (χ4n) is 1.52. The highest BCUT2D eigenvalue weighted by atomic mass is 16.5. The molecule has 0 rings (SSSR count). The first kappa shape index (κ1) is 12.9. The molecule has 2 heteroatoms. The number of aliphatic hydroxyl groups excluding tert-OH is 1. The Morgan fingerprint density at radius 2 is 1.69 bits per heavy atom. The van der Waals surface area contributed by atoms with Crippen molar-refractivity contribution in [3.8, 4) is 0 Å². The van der Waals surface area contributed by atoms with Crippen LogP contribution in [0.25, 0.3) is 0 Å². The fourth-order valence-corrected chi connectivity index (χ4v) is 1.52. The van der Waals surface area contributed by atoms with Gasteiger partial charge in [0.25, 0.3) is 0 Å². The first-order valence-corrected chi connectivity index (χ1v) is 5.51. The quantitative estimate of drug-likeness (QED) is 0.593. The zero-order valence-electron chi connectivity index (χ0n) is 9.25. The van der Waals surface area contributed by atoms with E-state index in [0.29, 0.717) is 12.5 Å². The van der Waals surface area contributed by atoms with Crippen LogP contribution in [0.2, 0.25) is 0 Å². The van der Waals surface area contributed by atoms with Crippen LogP contribution in [0.5, 0.6) is 0 Å². The van der Waals surface area contributed by atoms with E-state index >= 15 is 0 Å². The molecule has 0 aromatic rings. The summed E-state index contributed by atoms with van der Waals surface area (Å²) in [5.41, 5.74) is 0. The molecule has 0 aliphatic heterocycles. The third-order valence-corrected chi connectivity index (χ3v) is 2.50. The summed E-state index contributed by atoms with van der Waals surface area (Å²) in [6.07, 6.45) is 3.79. The molecular weight excluding hydrogens is 164 g/mol. The molecule has 0 fully saturated rings. The molecule has 0 aliphatic carbocycles. The van der Waals surface area contributed by atoms with E-state index in [2.05, 4.69) is 20.8 Å². The molecule has 0 aliphatic rings. The van der Waals surface area contributed by atoms with E-state index in [1.165, 1.54) is 0 Å². The molecule has 13 heavy (non-hydrogen) atoms. The summed E-state index contributed by atoms with van der Waals surface area (Å²) in [5.74, 6) is 0.449. The van der Waals surface area contributed by atoms with Gasteiger partial charge in [-0.15, -0.1) is 0 Å². The maximum Gasteiger partial charge on any atom is 0.0590 e. The summed E-state index contributed by atoms with van der Waals surface area (Å²) in [6, 6.07) is 0. The lowest BCUT2D eigenvalue weighted by atomic mass is 9.95. The zero-order valence-corrected chi connectivity index (χ0v) is 9.25. The molecule has 2 nitrogen and oxygen atoms in total. The Bertz CT molecular complexity index is 100. The van der Waals surface area contributed by atoms with Crippen molar-refractivity contribution in [2.75, 3.05) is 13.2 Å². The van der Waals surface area contributed by atoms with Crippen molar-refractivity contribution >= 4 is 0 Å². The molecule has 0 saturated heterocycles. The maximum absolute atomic E-state index is 9.73. The van der Waals surface area contributed by atoms with E-state index < -0.39 is 0 Å². The summed E-state index contributed by atoms with van der Waals surface area (Å²) >= 11 is 0. The molecule has 1 unspecified atom stereocenters. The van der Waals surface area contributed by atoms with Crippen molar-refractivity contribution in [2.24, 2.45) is 5.92 Å². The predicted molar refractivity (Wildman–Crippen MR) is 55.8 cm³/mol. The molecule has 80 valence electrons. The second kappa shape index (κ2) is 8.52. The zero-order chi connectivity index (χ0) is 10.1. The minimum Gasteiger partial charge on any atom is -0.393 e. The minimum absolute atomic E-state index is 0.174. The van der Waals surface area contributed by atoms with Gasteiger partial charge < -0.3 is 9.84 Å². The van der Waals surface area contributed by atoms with E-state index in [1.807, 2.05) is 0 Å². The van der Waals surface area contributed by atoms with Crippen LogP contribution < -0.4 is 0 Å². The first-order chi connectivity index (χ1) is 6.26. The molecule has 0 amide bonds. The Morgan fingerprint density at radius 3 is 2.15 bits per heavy atom. The van der Waals surface area contributed by atoms with Gasteiger partial charge in [0.05, 0.1) is 6.10 Å². The first-order valence-electron chi connectivity index (χ1n) is 5.51. The highest BCUT2D eigenvalue weighted by Crippen LogP contribution is 2.15. The fraction of sp³-hybridized carbons (Fsp3) is 1.00. The number of ether oxygens (including phenoxy) is 1. The van der Waals surface area contributed by atoms with Gasteiger partial charge in [0.1, 0.15) is 0 Å². The Labute approximate surface area is 82.3 Å². The van der Waals surface area contributed by atoms with Gasteiger partial charge in [-0.25, -0.2) is 0 Å². The number of hydrogen-bond donors (Lipinski definition) is 1. The lowest BCUT2D eigenvalue weighted by Crippen LogP contribution is -2.21. The standard InChI is InChI=1S/C11H24O2/c1-4-8-13-9-7-11(12)10(5-2)6-3/h10-12H,4-9H2,1-3H3. The Hall–Kier alpha value is -0.0800. The highest BCUT2D eigenvalue weighted by molar-refractivity contribution is 4.65. The molecule has 1 atom stereocenters. The molecule has 0 aromatic heterocycles. The number of rotatable bonds is 8. The summed E-state index contributed by atoms with van der Waals surface area (Å²) in [5, 5.41) is 9.73. The maximum atomic E-state index is 9.73. The van der Waals surface area contributed by atoms with Crippen LogP contribution in [0.1, 0.15) is 46.5 Å².